The number of rotatable bonds is 2. The Hall–Kier alpha value is -0.410. The summed E-state index contributed by atoms with van der Waals surface area (Å²) < 4.78 is 14.3. The first-order valence-electron chi connectivity index (χ1n) is 5.26. The Bertz CT molecular complexity index is 380. The molecule has 0 unspecified atom stereocenters. The van der Waals surface area contributed by atoms with E-state index < -0.39 is 0 Å². The summed E-state index contributed by atoms with van der Waals surface area (Å²) in [7, 11) is 0. The Morgan fingerprint density at radius 1 is 1.47 bits per heavy atom. The molecule has 0 bridgehead atoms. The van der Waals surface area contributed by atoms with Crippen molar-refractivity contribution in [1.82, 2.24) is 0 Å². The lowest BCUT2D eigenvalue weighted by molar-refractivity contribution is 0.251. The third-order valence-corrected chi connectivity index (χ3v) is 4.32. The van der Waals surface area contributed by atoms with E-state index in [0.717, 1.165) is 18.4 Å². The molecule has 0 amide bonds. The molecule has 15 heavy (non-hydrogen) atoms. The van der Waals surface area contributed by atoms with E-state index in [0.29, 0.717) is 16.6 Å². The number of hydrogen-bond donors (Lipinski definition) is 1. The molecule has 1 aliphatic carbocycles. The molecular formula is C12H15BrFN. The van der Waals surface area contributed by atoms with Crippen LogP contribution in [0.2, 0.25) is 0 Å². The first kappa shape index (κ1) is 11.1. The highest BCUT2D eigenvalue weighted by Crippen LogP contribution is 2.46. The van der Waals surface area contributed by atoms with Gasteiger partial charge in [0.15, 0.2) is 0 Å². The molecule has 1 saturated carbocycles. The molecule has 1 aromatic rings. The van der Waals surface area contributed by atoms with Crippen LogP contribution in [0.3, 0.4) is 0 Å². The molecule has 0 spiro atoms. The molecule has 2 rings (SSSR count). The van der Waals surface area contributed by atoms with Gasteiger partial charge in [-0.25, -0.2) is 4.39 Å². The minimum atomic E-state index is -0.146. The van der Waals surface area contributed by atoms with E-state index in [-0.39, 0.29) is 11.2 Å². The summed E-state index contributed by atoms with van der Waals surface area (Å²) in [5.41, 5.74) is 7.55. The Labute approximate surface area is 98.0 Å². The van der Waals surface area contributed by atoms with Gasteiger partial charge in [0.05, 0.1) is 4.47 Å². The van der Waals surface area contributed by atoms with Gasteiger partial charge in [-0.3, -0.25) is 0 Å². The lowest BCUT2D eigenvalue weighted by Crippen LogP contribution is -2.41. The fourth-order valence-electron chi connectivity index (χ4n) is 2.24. The second-order valence-corrected chi connectivity index (χ2v) is 5.19. The first-order chi connectivity index (χ1) is 7.10. The molecule has 0 atom stereocenters. The van der Waals surface area contributed by atoms with Crippen LogP contribution in [0.4, 0.5) is 4.39 Å². The zero-order valence-electron chi connectivity index (χ0n) is 8.82. The summed E-state index contributed by atoms with van der Waals surface area (Å²) in [6, 6.07) is 3.85. The number of benzene rings is 1. The molecule has 0 heterocycles. The van der Waals surface area contributed by atoms with Crippen LogP contribution in [0.25, 0.3) is 0 Å². The van der Waals surface area contributed by atoms with Crippen molar-refractivity contribution < 1.29 is 4.39 Å². The molecular weight excluding hydrogens is 257 g/mol. The summed E-state index contributed by atoms with van der Waals surface area (Å²) in [6.45, 7) is 2.38. The number of halogens is 2. The zero-order chi connectivity index (χ0) is 11.1. The number of aryl methyl sites for hydroxylation is 1. The maximum Gasteiger partial charge on any atom is 0.140 e. The van der Waals surface area contributed by atoms with Crippen molar-refractivity contribution in [2.45, 2.75) is 31.6 Å². The van der Waals surface area contributed by atoms with Gasteiger partial charge < -0.3 is 5.73 Å². The summed E-state index contributed by atoms with van der Waals surface area (Å²) in [6.07, 6.45) is 3.34. The lowest BCUT2D eigenvalue weighted by atomic mass is 9.64. The van der Waals surface area contributed by atoms with Crippen LogP contribution >= 0.6 is 15.9 Å². The molecule has 1 aromatic carbocycles. The molecule has 0 aromatic heterocycles. The fourth-order valence-corrected chi connectivity index (χ4v) is 3.11. The van der Waals surface area contributed by atoms with Gasteiger partial charge in [-0.1, -0.05) is 18.6 Å². The maximum absolute atomic E-state index is 13.7. The molecule has 0 saturated heterocycles. The Morgan fingerprint density at radius 2 is 2.13 bits per heavy atom. The van der Waals surface area contributed by atoms with Crippen molar-refractivity contribution in [3.05, 3.63) is 33.5 Å². The normalized spacial score (nSPS) is 18.7. The van der Waals surface area contributed by atoms with Gasteiger partial charge in [-0.05, 0) is 46.8 Å². The van der Waals surface area contributed by atoms with Crippen molar-refractivity contribution in [3.8, 4) is 0 Å². The van der Waals surface area contributed by atoms with Gasteiger partial charge in [0.25, 0.3) is 0 Å². The highest BCUT2D eigenvalue weighted by atomic mass is 79.9. The first-order valence-corrected chi connectivity index (χ1v) is 6.05. The van der Waals surface area contributed by atoms with Gasteiger partial charge in [0.1, 0.15) is 5.82 Å². The molecule has 2 N–H and O–H groups in total. The molecule has 1 fully saturated rings. The number of nitrogens with two attached hydrogens (primary N) is 1. The minimum absolute atomic E-state index is 0.0212. The van der Waals surface area contributed by atoms with Crippen LogP contribution in [0.5, 0.6) is 0 Å². The van der Waals surface area contributed by atoms with E-state index in [9.17, 15) is 4.39 Å². The second-order valence-electron chi connectivity index (χ2n) is 4.40. The largest absolute Gasteiger partial charge is 0.330 e. The lowest BCUT2D eigenvalue weighted by Gasteiger charge is -2.42. The van der Waals surface area contributed by atoms with Crippen LogP contribution in [-0.2, 0) is 5.41 Å². The SMILES string of the molecule is Cc1ccc(C2(CN)CCC2)c(Br)c1F. The van der Waals surface area contributed by atoms with Crippen molar-refractivity contribution in [1.29, 1.82) is 0 Å². The average Bonchev–Trinajstić information content (AvgIpc) is 2.17. The van der Waals surface area contributed by atoms with E-state index in [1.54, 1.807) is 6.92 Å². The summed E-state index contributed by atoms with van der Waals surface area (Å²) in [5, 5.41) is 0. The third-order valence-electron chi connectivity index (χ3n) is 3.55. The average molecular weight is 272 g/mol. The van der Waals surface area contributed by atoms with Gasteiger partial charge in [-0.15, -0.1) is 0 Å². The quantitative estimate of drug-likeness (QED) is 0.878. The van der Waals surface area contributed by atoms with Crippen LogP contribution in [0.15, 0.2) is 16.6 Å². The van der Waals surface area contributed by atoms with E-state index in [1.165, 1.54) is 6.42 Å². The Morgan fingerprint density at radius 3 is 2.60 bits per heavy atom. The van der Waals surface area contributed by atoms with Gasteiger partial charge in [-0.2, -0.15) is 0 Å². The van der Waals surface area contributed by atoms with Crippen molar-refractivity contribution in [3.63, 3.8) is 0 Å². The summed E-state index contributed by atoms with van der Waals surface area (Å²) >= 11 is 3.35. The smallest absolute Gasteiger partial charge is 0.140 e. The summed E-state index contributed by atoms with van der Waals surface area (Å²) in [5.74, 6) is -0.146. The predicted molar refractivity (Wildman–Crippen MR) is 63.4 cm³/mol. The van der Waals surface area contributed by atoms with Gasteiger partial charge in [0.2, 0.25) is 0 Å². The predicted octanol–water partition coefficient (Wildman–Crippen LogP) is 3.28. The van der Waals surface area contributed by atoms with Crippen molar-refractivity contribution in [2.75, 3.05) is 6.54 Å². The van der Waals surface area contributed by atoms with Crippen LogP contribution in [-0.4, -0.2) is 6.54 Å². The second kappa shape index (κ2) is 3.87. The zero-order valence-corrected chi connectivity index (χ0v) is 10.4. The fraction of sp³-hybridized carbons (Fsp3) is 0.500. The standard InChI is InChI=1S/C12H15BrFN/c1-8-3-4-9(10(13)11(8)14)12(7-15)5-2-6-12/h3-4H,2,5-7,15H2,1H3. The van der Waals surface area contributed by atoms with Gasteiger partial charge in [0, 0.05) is 12.0 Å². The molecule has 0 aliphatic heterocycles. The van der Waals surface area contributed by atoms with Gasteiger partial charge >= 0.3 is 0 Å². The maximum atomic E-state index is 13.7. The third kappa shape index (κ3) is 1.62. The minimum Gasteiger partial charge on any atom is -0.330 e. The molecule has 1 nitrogen and oxygen atoms in total. The molecule has 3 heteroatoms. The van der Waals surface area contributed by atoms with Crippen LogP contribution in [0, 0.1) is 12.7 Å². The van der Waals surface area contributed by atoms with E-state index in [4.69, 9.17) is 5.73 Å². The highest BCUT2D eigenvalue weighted by molar-refractivity contribution is 9.10. The Balaban J connectivity index is 2.49. The van der Waals surface area contributed by atoms with Crippen LogP contribution < -0.4 is 5.73 Å². The van der Waals surface area contributed by atoms with E-state index in [2.05, 4.69) is 15.9 Å². The van der Waals surface area contributed by atoms with Crippen molar-refractivity contribution in [2.24, 2.45) is 5.73 Å². The van der Waals surface area contributed by atoms with Crippen molar-refractivity contribution >= 4 is 15.9 Å². The summed E-state index contributed by atoms with van der Waals surface area (Å²) in [4.78, 5) is 0. The number of hydrogen-bond acceptors (Lipinski definition) is 1. The topological polar surface area (TPSA) is 26.0 Å². The van der Waals surface area contributed by atoms with Crippen LogP contribution in [0.1, 0.15) is 30.4 Å². The van der Waals surface area contributed by atoms with E-state index >= 15 is 0 Å². The van der Waals surface area contributed by atoms with E-state index in [1.807, 2.05) is 12.1 Å². The highest BCUT2D eigenvalue weighted by Gasteiger charge is 2.39. The monoisotopic (exact) mass is 271 g/mol. The molecule has 82 valence electrons. The molecule has 1 aliphatic rings. The molecule has 0 radical (unpaired) electrons. The Kier molecular flexibility index (Phi) is 2.86.